The summed E-state index contributed by atoms with van der Waals surface area (Å²) in [5, 5.41) is 7.56. The molecule has 0 saturated heterocycles. The highest BCUT2D eigenvalue weighted by atomic mass is 79.9. The minimum absolute atomic E-state index is 0.161. The smallest absolute Gasteiger partial charge is 0.242 e. The SMILES string of the molecule is O=C(CCl)N(Cc1ccc(F)cc1)c1cnc2n[nH]c(Br)c2c1. The summed E-state index contributed by atoms with van der Waals surface area (Å²) < 4.78 is 13.7. The average molecular weight is 398 g/mol. The third-order valence-corrected chi connectivity index (χ3v) is 4.16. The van der Waals surface area contributed by atoms with Gasteiger partial charge in [-0.05, 0) is 39.7 Å². The third kappa shape index (κ3) is 3.35. The second-order valence-electron chi connectivity index (χ2n) is 4.84. The number of carbonyl (C=O) groups is 1. The molecule has 1 N–H and O–H groups in total. The maximum Gasteiger partial charge on any atom is 0.242 e. The molecular weight excluding hydrogens is 387 g/mol. The third-order valence-electron chi connectivity index (χ3n) is 3.33. The predicted molar refractivity (Wildman–Crippen MR) is 89.9 cm³/mol. The van der Waals surface area contributed by atoms with E-state index in [2.05, 4.69) is 31.1 Å². The lowest BCUT2D eigenvalue weighted by atomic mass is 10.2. The van der Waals surface area contributed by atoms with Crippen LogP contribution >= 0.6 is 27.5 Å². The van der Waals surface area contributed by atoms with Crippen molar-refractivity contribution in [2.75, 3.05) is 10.8 Å². The van der Waals surface area contributed by atoms with Crippen LogP contribution in [0.5, 0.6) is 0 Å². The minimum atomic E-state index is -0.325. The number of amides is 1. The van der Waals surface area contributed by atoms with E-state index in [1.54, 1.807) is 24.4 Å². The molecule has 0 aliphatic rings. The zero-order valence-corrected chi connectivity index (χ0v) is 14.1. The van der Waals surface area contributed by atoms with Gasteiger partial charge < -0.3 is 4.90 Å². The second-order valence-corrected chi connectivity index (χ2v) is 5.90. The van der Waals surface area contributed by atoms with Gasteiger partial charge in [0.25, 0.3) is 0 Å². The number of hydrogen-bond acceptors (Lipinski definition) is 3. The number of rotatable bonds is 4. The number of halogens is 3. The lowest BCUT2D eigenvalue weighted by Crippen LogP contribution is -2.31. The van der Waals surface area contributed by atoms with Crippen LogP contribution in [0.4, 0.5) is 10.1 Å². The van der Waals surface area contributed by atoms with Gasteiger partial charge >= 0.3 is 0 Å². The van der Waals surface area contributed by atoms with Gasteiger partial charge in [0.2, 0.25) is 5.91 Å². The van der Waals surface area contributed by atoms with E-state index in [9.17, 15) is 9.18 Å². The van der Waals surface area contributed by atoms with Gasteiger partial charge in [-0.25, -0.2) is 9.37 Å². The fourth-order valence-electron chi connectivity index (χ4n) is 2.17. The molecule has 0 radical (unpaired) electrons. The molecule has 118 valence electrons. The first kappa shape index (κ1) is 15.9. The zero-order chi connectivity index (χ0) is 16.4. The summed E-state index contributed by atoms with van der Waals surface area (Å²) in [6.45, 7) is 0.272. The number of carbonyl (C=O) groups excluding carboxylic acids is 1. The Morgan fingerprint density at radius 2 is 2.09 bits per heavy atom. The number of aromatic amines is 1. The number of alkyl halides is 1. The number of fused-ring (bicyclic) bond motifs is 1. The monoisotopic (exact) mass is 396 g/mol. The van der Waals surface area contributed by atoms with Crippen molar-refractivity contribution in [3.63, 3.8) is 0 Å². The summed E-state index contributed by atoms with van der Waals surface area (Å²) in [6.07, 6.45) is 1.56. The Morgan fingerprint density at radius 3 is 2.78 bits per heavy atom. The highest BCUT2D eigenvalue weighted by molar-refractivity contribution is 9.10. The molecule has 8 heteroatoms. The fourth-order valence-corrected chi connectivity index (χ4v) is 2.70. The van der Waals surface area contributed by atoms with Gasteiger partial charge in [-0.15, -0.1) is 11.6 Å². The van der Waals surface area contributed by atoms with E-state index in [-0.39, 0.29) is 24.1 Å². The molecule has 0 aliphatic heterocycles. The normalized spacial score (nSPS) is 10.9. The molecular formula is C15H11BrClFN4O. The standard InChI is InChI=1S/C15H11BrClFN4O/c16-14-12-5-11(7-19-15(12)21-20-14)22(13(23)6-17)8-9-1-3-10(18)4-2-9/h1-5,7H,6,8H2,(H,19,20,21). The molecule has 0 spiro atoms. The number of anilines is 1. The number of pyridine rings is 1. The van der Waals surface area contributed by atoms with Crippen LogP contribution in [-0.2, 0) is 11.3 Å². The Balaban J connectivity index is 1.98. The minimum Gasteiger partial charge on any atom is -0.305 e. The number of benzene rings is 1. The summed E-state index contributed by atoms with van der Waals surface area (Å²) >= 11 is 9.07. The van der Waals surface area contributed by atoms with Crippen LogP contribution in [-0.4, -0.2) is 27.0 Å². The molecule has 0 saturated carbocycles. The highest BCUT2D eigenvalue weighted by Crippen LogP contribution is 2.25. The Hall–Kier alpha value is -1.99. The topological polar surface area (TPSA) is 61.9 Å². The van der Waals surface area contributed by atoms with Crippen LogP contribution in [0.25, 0.3) is 11.0 Å². The molecule has 23 heavy (non-hydrogen) atoms. The van der Waals surface area contributed by atoms with E-state index < -0.39 is 0 Å². The van der Waals surface area contributed by atoms with Crippen LogP contribution in [0.1, 0.15) is 5.56 Å². The van der Waals surface area contributed by atoms with E-state index in [0.717, 1.165) is 10.9 Å². The summed E-state index contributed by atoms with van der Waals surface area (Å²) in [6, 6.07) is 7.76. The van der Waals surface area contributed by atoms with Crippen molar-refractivity contribution < 1.29 is 9.18 Å². The van der Waals surface area contributed by atoms with Gasteiger partial charge in [0.1, 0.15) is 16.3 Å². The molecule has 1 aromatic carbocycles. The van der Waals surface area contributed by atoms with Gasteiger partial charge in [0.05, 0.1) is 23.8 Å². The van der Waals surface area contributed by atoms with E-state index in [1.807, 2.05) is 0 Å². The van der Waals surface area contributed by atoms with Crippen molar-refractivity contribution in [3.05, 3.63) is 52.5 Å². The first-order valence-corrected chi connectivity index (χ1v) is 8.01. The van der Waals surface area contributed by atoms with Crippen LogP contribution < -0.4 is 4.90 Å². The number of nitrogens with one attached hydrogen (secondary N) is 1. The zero-order valence-electron chi connectivity index (χ0n) is 11.8. The summed E-state index contributed by atoms with van der Waals surface area (Å²) in [4.78, 5) is 17.9. The molecule has 2 heterocycles. The van der Waals surface area contributed by atoms with Gasteiger partial charge in [-0.1, -0.05) is 12.1 Å². The molecule has 3 rings (SSSR count). The molecule has 0 aliphatic carbocycles. The van der Waals surface area contributed by atoms with E-state index in [0.29, 0.717) is 15.9 Å². The van der Waals surface area contributed by atoms with Crippen molar-refractivity contribution >= 4 is 50.2 Å². The Bertz CT molecular complexity index is 852. The van der Waals surface area contributed by atoms with E-state index >= 15 is 0 Å². The Kier molecular flexibility index (Phi) is 4.58. The average Bonchev–Trinajstić information content (AvgIpc) is 2.94. The van der Waals surface area contributed by atoms with Gasteiger partial charge in [-0.2, -0.15) is 5.10 Å². The highest BCUT2D eigenvalue weighted by Gasteiger charge is 2.17. The molecule has 0 bridgehead atoms. The van der Waals surface area contributed by atoms with Crippen LogP contribution in [0.3, 0.4) is 0 Å². The van der Waals surface area contributed by atoms with E-state index in [1.165, 1.54) is 17.0 Å². The maximum atomic E-state index is 13.0. The van der Waals surface area contributed by atoms with Gasteiger partial charge in [-0.3, -0.25) is 9.89 Å². The first-order valence-electron chi connectivity index (χ1n) is 6.69. The van der Waals surface area contributed by atoms with Crippen molar-refractivity contribution in [2.45, 2.75) is 6.54 Å². The van der Waals surface area contributed by atoms with E-state index in [4.69, 9.17) is 11.6 Å². The molecule has 5 nitrogen and oxygen atoms in total. The molecule has 0 fully saturated rings. The van der Waals surface area contributed by atoms with Crippen LogP contribution in [0.2, 0.25) is 0 Å². The molecule has 0 atom stereocenters. The molecule has 1 amide bonds. The number of hydrogen-bond donors (Lipinski definition) is 1. The van der Waals surface area contributed by atoms with Crippen molar-refractivity contribution in [3.8, 4) is 0 Å². The van der Waals surface area contributed by atoms with Crippen molar-refractivity contribution in [1.82, 2.24) is 15.2 Å². The number of H-pyrrole nitrogens is 1. The second kappa shape index (κ2) is 6.64. The Morgan fingerprint density at radius 1 is 1.35 bits per heavy atom. The molecule has 0 unspecified atom stereocenters. The number of nitrogens with zero attached hydrogens (tertiary/aromatic N) is 3. The lowest BCUT2D eigenvalue weighted by Gasteiger charge is -2.21. The summed E-state index contributed by atoms with van der Waals surface area (Å²) in [7, 11) is 0. The summed E-state index contributed by atoms with van der Waals surface area (Å²) in [5.41, 5.74) is 1.92. The van der Waals surface area contributed by atoms with Gasteiger partial charge in [0, 0.05) is 0 Å². The lowest BCUT2D eigenvalue weighted by molar-refractivity contribution is -0.116. The molecule has 3 aromatic rings. The maximum absolute atomic E-state index is 13.0. The Labute approximate surface area is 144 Å². The summed E-state index contributed by atoms with van der Waals surface area (Å²) in [5.74, 6) is -0.752. The number of aromatic nitrogens is 3. The quantitative estimate of drug-likeness (QED) is 0.684. The van der Waals surface area contributed by atoms with Gasteiger partial charge in [0.15, 0.2) is 5.65 Å². The first-order chi connectivity index (χ1) is 11.1. The largest absolute Gasteiger partial charge is 0.305 e. The van der Waals surface area contributed by atoms with Crippen molar-refractivity contribution in [1.29, 1.82) is 0 Å². The van der Waals surface area contributed by atoms with Crippen LogP contribution in [0.15, 0.2) is 41.1 Å². The molecule has 2 aromatic heterocycles. The van der Waals surface area contributed by atoms with Crippen molar-refractivity contribution in [2.24, 2.45) is 0 Å². The van der Waals surface area contributed by atoms with Crippen LogP contribution in [0, 0.1) is 5.82 Å². The predicted octanol–water partition coefficient (Wildman–Crippen LogP) is 3.63. The fraction of sp³-hybridized carbons (Fsp3) is 0.133.